The molecule has 0 aromatic carbocycles. The third kappa shape index (κ3) is 3.06. The van der Waals surface area contributed by atoms with Crippen LogP contribution < -0.4 is 0 Å². The van der Waals surface area contributed by atoms with Crippen LogP contribution in [0, 0.1) is 0 Å². The van der Waals surface area contributed by atoms with Crippen molar-refractivity contribution in [1.29, 1.82) is 0 Å². The highest BCUT2D eigenvalue weighted by Gasteiger charge is 2.28. The van der Waals surface area contributed by atoms with Crippen LogP contribution in [0.15, 0.2) is 22.7 Å². The molecule has 19 heavy (non-hydrogen) atoms. The number of carbonyl (C=O) groups is 1. The number of rotatable bonds is 5. The van der Waals surface area contributed by atoms with E-state index in [1.165, 1.54) is 0 Å². The van der Waals surface area contributed by atoms with Crippen LogP contribution in [-0.2, 0) is 0 Å². The van der Waals surface area contributed by atoms with Crippen LogP contribution in [0.2, 0.25) is 0 Å². The standard InChI is InChI=1S/C15H22N2O2/c1-4-5-7-12-8-6-9-17(12)15(18)14-10-13(11(2)3)16-19-14/h6,8,10-12H,4-5,7,9H2,1-3H3/t12-/m1/s1. The lowest BCUT2D eigenvalue weighted by molar-refractivity contribution is 0.0701. The van der Waals surface area contributed by atoms with Gasteiger partial charge in [0.15, 0.2) is 0 Å². The topological polar surface area (TPSA) is 46.3 Å². The lowest BCUT2D eigenvalue weighted by Crippen LogP contribution is -2.35. The molecule has 0 unspecified atom stereocenters. The number of hydrogen-bond donors (Lipinski definition) is 0. The van der Waals surface area contributed by atoms with E-state index in [0.29, 0.717) is 12.3 Å². The Bertz CT molecular complexity index is 462. The predicted octanol–water partition coefficient (Wildman–Crippen LogP) is 3.37. The second-order valence-electron chi connectivity index (χ2n) is 5.37. The van der Waals surface area contributed by atoms with Crippen LogP contribution in [0.25, 0.3) is 0 Å². The van der Waals surface area contributed by atoms with E-state index >= 15 is 0 Å². The quantitative estimate of drug-likeness (QED) is 0.764. The van der Waals surface area contributed by atoms with Crippen LogP contribution in [0.3, 0.4) is 0 Å². The molecule has 1 amide bonds. The Labute approximate surface area is 114 Å². The minimum absolute atomic E-state index is 0.0505. The fourth-order valence-electron chi connectivity index (χ4n) is 2.27. The number of nitrogens with zero attached hydrogens (tertiary/aromatic N) is 2. The number of hydrogen-bond acceptors (Lipinski definition) is 3. The third-order valence-corrected chi connectivity index (χ3v) is 3.51. The summed E-state index contributed by atoms with van der Waals surface area (Å²) < 4.78 is 5.18. The first-order valence-electron chi connectivity index (χ1n) is 7.07. The molecule has 104 valence electrons. The summed E-state index contributed by atoms with van der Waals surface area (Å²) in [6.07, 6.45) is 7.47. The lowest BCUT2D eigenvalue weighted by Gasteiger charge is -2.23. The van der Waals surface area contributed by atoms with E-state index in [4.69, 9.17) is 4.52 Å². The molecule has 0 saturated carbocycles. The number of carbonyl (C=O) groups excluding carboxylic acids is 1. The molecule has 1 aliphatic rings. The zero-order valence-electron chi connectivity index (χ0n) is 11.9. The van der Waals surface area contributed by atoms with Crippen LogP contribution in [0.5, 0.6) is 0 Å². The van der Waals surface area contributed by atoms with Gasteiger partial charge < -0.3 is 9.42 Å². The number of unbranched alkanes of at least 4 members (excludes halogenated alkanes) is 1. The van der Waals surface area contributed by atoms with E-state index in [2.05, 4.69) is 24.2 Å². The molecule has 0 bridgehead atoms. The second-order valence-corrected chi connectivity index (χ2v) is 5.37. The highest BCUT2D eigenvalue weighted by Crippen LogP contribution is 2.21. The summed E-state index contributed by atoms with van der Waals surface area (Å²) in [5.41, 5.74) is 0.834. The van der Waals surface area contributed by atoms with Crippen molar-refractivity contribution in [2.45, 2.75) is 52.0 Å². The van der Waals surface area contributed by atoms with Gasteiger partial charge in [0.05, 0.1) is 11.7 Å². The average molecular weight is 262 g/mol. The first kappa shape index (κ1) is 13.8. The molecule has 0 fully saturated rings. The van der Waals surface area contributed by atoms with Crippen molar-refractivity contribution in [3.63, 3.8) is 0 Å². The van der Waals surface area contributed by atoms with Crippen LogP contribution in [0.1, 0.15) is 62.2 Å². The highest BCUT2D eigenvalue weighted by atomic mass is 16.5. The van der Waals surface area contributed by atoms with E-state index < -0.39 is 0 Å². The maximum absolute atomic E-state index is 12.4. The first-order valence-corrected chi connectivity index (χ1v) is 7.07. The van der Waals surface area contributed by atoms with Gasteiger partial charge >= 0.3 is 0 Å². The van der Waals surface area contributed by atoms with Crippen molar-refractivity contribution >= 4 is 5.91 Å². The maximum Gasteiger partial charge on any atom is 0.293 e. The molecular formula is C15H22N2O2. The molecule has 0 saturated heterocycles. The minimum atomic E-state index is -0.0505. The summed E-state index contributed by atoms with van der Waals surface area (Å²) in [4.78, 5) is 14.3. The van der Waals surface area contributed by atoms with Crippen molar-refractivity contribution in [3.8, 4) is 0 Å². The summed E-state index contributed by atoms with van der Waals surface area (Å²) in [7, 11) is 0. The Hall–Kier alpha value is -1.58. The average Bonchev–Trinajstić information content (AvgIpc) is 3.04. The molecule has 4 heteroatoms. The molecule has 4 nitrogen and oxygen atoms in total. The number of amides is 1. The van der Waals surface area contributed by atoms with Crippen molar-refractivity contribution in [3.05, 3.63) is 29.7 Å². The van der Waals surface area contributed by atoms with E-state index in [1.54, 1.807) is 6.07 Å². The molecule has 1 atom stereocenters. The lowest BCUT2D eigenvalue weighted by atomic mass is 10.1. The van der Waals surface area contributed by atoms with Gasteiger partial charge in [0, 0.05) is 12.6 Å². The zero-order valence-corrected chi connectivity index (χ0v) is 11.9. The maximum atomic E-state index is 12.4. The van der Waals surface area contributed by atoms with E-state index in [0.717, 1.165) is 25.0 Å². The normalized spacial score (nSPS) is 18.5. The van der Waals surface area contributed by atoms with Gasteiger partial charge in [-0.3, -0.25) is 4.79 Å². The minimum Gasteiger partial charge on any atom is -0.351 e. The van der Waals surface area contributed by atoms with Gasteiger partial charge in [0.25, 0.3) is 5.91 Å². The summed E-state index contributed by atoms with van der Waals surface area (Å²) in [6.45, 7) is 6.91. The van der Waals surface area contributed by atoms with Gasteiger partial charge in [-0.2, -0.15) is 0 Å². The highest BCUT2D eigenvalue weighted by molar-refractivity contribution is 5.92. The molecule has 2 heterocycles. The van der Waals surface area contributed by atoms with Crippen molar-refractivity contribution < 1.29 is 9.32 Å². The fourth-order valence-corrected chi connectivity index (χ4v) is 2.27. The summed E-state index contributed by atoms with van der Waals surface area (Å²) >= 11 is 0. The molecule has 0 aliphatic carbocycles. The second kappa shape index (κ2) is 6.04. The molecule has 0 radical (unpaired) electrons. The van der Waals surface area contributed by atoms with Gasteiger partial charge in [-0.05, 0) is 12.3 Å². The third-order valence-electron chi connectivity index (χ3n) is 3.51. The van der Waals surface area contributed by atoms with Crippen LogP contribution in [0.4, 0.5) is 0 Å². The summed E-state index contributed by atoms with van der Waals surface area (Å²) in [5.74, 6) is 0.581. The molecule has 1 aliphatic heterocycles. The van der Waals surface area contributed by atoms with Crippen molar-refractivity contribution in [2.75, 3.05) is 6.54 Å². The van der Waals surface area contributed by atoms with E-state index in [1.807, 2.05) is 18.7 Å². The molecule has 2 rings (SSSR count). The van der Waals surface area contributed by atoms with E-state index in [9.17, 15) is 4.79 Å². The Balaban J connectivity index is 2.05. The number of aromatic nitrogens is 1. The Kier molecular flexibility index (Phi) is 4.40. The van der Waals surface area contributed by atoms with Gasteiger partial charge in [0.2, 0.25) is 5.76 Å². The van der Waals surface area contributed by atoms with Crippen molar-refractivity contribution in [1.82, 2.24) is 10.1 Å². The molecule has 0 N–H and O–H groups in total. The van der Waals surface area contributed by atoms with Gasteiger partial charge in [0.1, 0.15) is 0 Å². The van der Waals surface area contributed by atoms with Crippen LogP contribution >= 0.6 is 0 Å². The first-order chi connectivity index (χ1) is 9.13. The van der Waals surface area contributed by atoms with E-state index in [-0.39, 0.29) is 17.9 Å². The Morgan fingerprint density at radius 3 is 3.00 bits per heavy atom. The Morgan fingerprint density at radius 2 is 2.37 bits per heavy atom. The zero-order chi connectivity index (χ0) is 13.8. The molecule has 1 aromatic heterocycles. The summed E-state index contributed by atoms with van der Waals surface area (Å²) in [5, 5.41) is 3.95. The molecular weight excluding hydrogens is 240 g/mol. The summed E-state index contributed by atoms with van der Waals surface area (Å²) in [6, 6.07) is 1.97. The fraction of sp³-hybridized carbons (Fsp3) is 0.600. The monoisotopic (exact) mass is 262 g/mol. The van der Waals surface area contributed by atoms with Crippen LogP contribution in [-0.4, -0.2) is 28.6 Å². The van der Waals surface area contributed by atoms with Gasteiger partial charge in [-0.15, -0.1) is 0 Å². The van der Waals surface area contributed by atoms with Gasteiger partial charge in [-0.25, -0.2) is 0 Å². The van der Waals surface area contributed by atoms with Gasteiger partial charge in [-0.1, -0.05) is 50.9 Å². The van der Waals surface area contributed by atoms with Crippen molar-refractivity contribution in [2.24, 2.45) is 0 Å². The Morgan fingerprint density at radius 1 is 1.58 bits per heavy atom. The molecule has 0 spiro atoms. The predicted molar refractivity (Wildman–Crippen MR) is 74.1 cm³/mol. The SMILES string of the molecule is CCCC[C@@H]1C=CCN1C(=O)c1cc(C(C)C)no1. The smallest absolute Gasteiger partial charge is 0.293 e. The molecule has 1 aromatic rings. The largest absolute Gasteiger partial charge is 0.351 e.